The third-order valence-electron chi connectivity index (χ3n) is 3.63. The number of rotatable bonds is 3. The summed E-state index contributed by atoms with van der Waals surface area (Å²) >= 11 is 0. The molecule has 2 rings (SSSR count). The van der Waals surface area contributed by atoms with Gasteiger partial charge in [0.1, 0.15) is 0 Å². The predicted octanol–water partition coefficient (Wildman–Crippen LogP) is 0.936. The van der Waals surface area contributed by atoms with Gasteiger partial charge in [0.15, 0.2) is 0 Å². The summed E-state index contributed by atoms with van der Waals surface area (Å²) < 4.78 is 1.72. The van der Waals surface area contributed by atoms with Gasteiger partial charge in [-0.1, -0.05) is 6.92 Å². The van der Waals surface area contributed by atoms with E-state index in [2.05, 4.69) is 5.10 Å². The Kier molecular flexibility index (Phi) is 4.01. The highest BCUT2D eigenvalue weighted by Gasteiger charge is 2.28. The summed E-state index contributed by atoms with van der Waals surface area (Å²) in [6.45, 7) is 3.39. The summed E-state index contributed by atoms with van der Waals surface area (Å²) in [7, 11) is 1.85. The molecule has 0 radical (unpaired) electrons. The van der Waals surface area contributed by atoms with E-state index in [1.165, 1.54) is 6.42 Å². The first-order valence-corrected chi connectivity index (χ1v) is 6.71. The maximum absolute atomic E-state index is 12.6. The first-order chi connectivity index (χ1) is 8.67. The summed E-state index contributed by atoms with van der Waals surface area (Å²) in [4.78, 5) is 14.5. The highest BCUT2D eigenvalue weighted by Crippen LogP contribution is 2.20. The number of nitrogens with two attached hydrogens (primary N) is 1. The topological polar surface area (TPSA) is 64.2 Å². The zero-order chi connectivity index (χ0) is 13.1. The number of piperidine rings is 1. The zero-order valence-corrected chi connectivity index (χ0v) is 11.2. The van der Waals surface area contributed by atoms with Gasteiger partial charge >= 0.3 is 0 Å². The third kappa shape index (κ3) is 2.41. The van der Waals surface area contributed by atoms with E-state index in [4.69, 9.17) is 5.73 Å². The molecule has 0 saturated carbocycles. The molecule has 5 heteroatoms. The van der Waals surface area contributed by atoms with Crippen molar-refractivity contribution >= 4 is 5.91 Å². The van der Waals surface area contributed by atoms with E-state index in [1.54, 1.807) is 4.68 Å². The molecule has 2 N–H and O–H groups in total. The minimum absolute atomic E-state index is 0.0927. The van der Waals surface area contributed by atoms with Gasteiger partial charge in [-0.3, -0.25) is 9.48 Å². The molecule has 1 aliphatic rings. The standard InChI is InChI=1S/C13H22N4O/c1-3-12-11(9-16(2)15-12)13(18)17-7-5-4-6-10(17)8-14/h9-10H,3-8,14H2,1-2H3. The maximum Gasteiger partial charge on any atom is 0.257 e. The van der Waals surface area contributed by atoms with Crippen LogP contribution in [0.25, 0.3) is 0 Å². The zero-order valence-electron chi connectivity index (χ0n) is 11.2. The number of hydrogen-bond acceptors (Lipinski definition) is 3. The fourth-order valence-electron chi connectivity index (χ4n) is 2.64. The number of aromatic nitrogens is 2. The second-order valence-corrected chi connectivity index (χ2v) is 4.90. The fraction of sp³-hybridized carbons (Fsp3) is 0.692. The number of hydrogen-bond donors (Lipinski definition) is 1. The van der Waals surface area contributed by atoms with Crippen LogP contribution in [0.3, 0.4) is 0 Å². The Bertz CT molecular complexity index is 427. The Balaban J connectivity index is 2.23. The molecule has 1 amide bonds. The average Bonchev–Trinajstić information content (AvgIpc) is 2.79. The second kappa shape index (κ2) is 5.52. The molecular formula is C13H22N4O. The Labute approximate surface area is 108 Å². The molecule has 0 aromatic carbocycles. The van der Waals surface area contributed by atoms with Crippen LogP contribution in [0.15, 0.2) is 6.20 Å². The maximum atomic E-state index is 12.6. The van der Waals surface area contributed by atoms with Gasteiger partial charge in [0.2, 0.25) is 0 Å². The van der Waals surface area contributed by atoms with Gasteiger partial charge in [0.05, 0.1) is 11.3 Å². The van der Waals surface area contributed by atoms with Crippen molar-refractivity contribution in [2.75, 3.05) is 13.1 Å². The molecular weight excluding hydrogens is 228 g/mol. The Morgan fingerprint density at radius 2 is 2.33 bits per heavy atom. The number of likely N-dealkylation sites (tertiary alicyclic amines) is 1. The van der Waals surface area contributed by atoms with E-state index in [-0.39, 0.29) is 11.9 Å². The lowest BCUT2D eigenvalue weighted by Crippen LogP contribution is -2.47. The molecule has 0 bridgehead atoms. The lowest BCUT2D eigenvalue weighted by Gasteiger charge is -2.35. The van der Waals surface area contributed by atoms with Crippen LogP contribution >= 0.6 is 0 Å². The molecule has 1 atom stereocenters. The molecule has 1 aromatic heterocycles. The molecule has 1 saturated heterocycles. The van der Waals surface area contributed by atoms with Crippen LogP contribution in [0.1, 0.15) is 42.2 Å². The summed E-state index contributed by atoms with van der Waals surface area (Å²) in [5, 5.41) is 4.33. The smallest absolute Gasteiger partial charge is 0.257 e. The summed E-state index contributed by atoms with van der Waals surface area (Å²) in [6, 6.07) is 0.191. The van der Waals surface area contributed by atoms with Crippen molar-refractivity contribution in [1.29, 1.82) is 0 Å². The van der Waals surface area contributed by atoms with E-state index >= 15 is 0 Å². The third-order valence-corrected chi connectivity index (χ3v) is 3.63. The van der Waals surface area contributed by atoms with E-state index < -0.39 is 0 Å². The van der Waals surface area contributed by atoms with Crippen LogP contribution < -0.4 is 5.73 Å². The first kappa shape index (κ1) is 13.1. The van der Waals surface area contributed by atoms with E-state index in [9.17, 15) is 4.79 Å². The van der Waals surface area contributed by atoms with Crippen LogP contribution in [-0.4, -0.2) is 39.7 Å². The van der Waals surface area contributed by atoms with Crippen LogP contribution in [0.2, 0.25) is 0 Å². The molecule has 2 heterocycles. The van der Waals surface area contributed by atoms with Gasteiger partial charge in [0.25, 0.3) is 5.91 Å². The molecule has 5 nitrogen and oxygen atoms in total. The average molecular weight is 250 g/mol. The monoisotopic (exact) mass is 250 g/mol. The minimum Gasteiger partial charge on any atom is -0.334 e. The molecule has 0 spiro atoms. The highest BCUT2D eigenvalue weighted by atomic mass is 16.2. The van der Waals surface area contributed by atoms with E-state index in [1.807, 2.05) is 25.1 Å². The molecule has 1 unspecified atom stereocenters. The van der Waals surface area contributed by atoms with Crippen molar-refractivity contribution in [2.45, 2.75) is 38.6 Å². The van der Waals surface area contributed by atoms with Crippen molar-refractivity contribution in [1.82, 2.24) is 14.7 Å². The lowest BCUT2D eigenvalue weighted by molar-refractivity contribution is 0.0622. The van der Waals surface area contributed by atoms with Crippen molar-refractivity contribution in [3.05, 3.63) is 17.5 Å². The van der Waals surface area contributed by atoms with Crippen LogP contribution in [0, 0.1) is 0 Å². The molecule has 1 aromatic rings. The van der Waals surface area contributed by atoms with Gasteiger partial charge < -0.3 is 10.6 Å². The van der Waals surface area contributed by atoms with Gasteiger partial charge in [-0.25, -0.2) is 0 Å². The lowest BCUT2D eigenvalue weighted by atomic mass is 10.0. The number of aryl methyl sites for hydroxylation is 2. The summed E-state index contributed by atoms with van der Waals surface area (Å²) in [6.07, 6.45) is 5.86. The SMILES string of the molecule is CCc1nn(C)cc1C(=O)N1CCCCC1CN. The predicted molar refractivity (Wildman–Crippen MR) is 70.3 cm³/mol. The van der Waals surface area contributed by atoms with Crippen molar-refractivity contribution < 1.29 is 4.79 Å². The minimum atomic E-state index is 0.0927. The first-order valence-electron chi connectivity index (χ1n) is 6.71. The Morgan fingerprint density at radius 1 is 1.56 bits per heavy atom. The quantitative estimate of drug-likeness (QED) is 0.868. The van der Waals surface area contributed by atoms with Crippen molar-refractivity contribution in [3.8, 4) is 0 Å². The van der Waals surface area contributed by atoms with Gasteiger partial charge in [-0.15, -0.1) is 0 Å². The molecule has 1 aliphatic heterocycles. The molecule has 18 heavy (non-hydrogen) atoms. The van der Waals surface area contributed by atoms with Crippen LogP contribution in [0.4, 0.5) is 0 Å². The summed E-state index contributed by atoms with van der Waals surface area (Å²) in [5.41, 5.74) is 7.39. The van der Waals surface area contributed by atoms with Gasteiger partial charge in [-0.05, 0) is 25.7 Å². The molecule has 1 fully saturated rings. The fourth-order valence-corrected chi connectivity index (χ4v) is 2.64. The number of nitrogens with zero attached hydrogens (tertiary/aromatic N) is 3. The van der Waals surface area contributed by atoms with E-state index in [0.29, 0.717) is 6.54 Å². The number of amides is 1. The molecule has 100 valence electrons. The van der Waals surface area contributed by atoms with Crippen molar-refractivity contribution in [3.63, 3.8) is 0 Å². The van der Waals surface area contributed by atoms with Crippen LogP contribution in [-0.2, 0) is 13.5 Å². The normalized spacial score (nSPS) is 20.2. The van der Waals surface area contributed by atoms with Crippen molar-refractivity contribution in [2.24, 2.45) is 12.8 Å². The highest BCUT2D eigenvalue weighted by molar-refractivity contribution is 5.95. The van der Waals surface area contributed by atoms with Gasteiger partial charge in [0, 0.05) is 32.4 Å². The number of carbonyl (C=O) groups is 1. The van der Waals surface area contributed by atoms with Crippen LogP contribution in [0.5, 0.6) is 0 Å². The second-order valence-electron chi connectivity index (χ2n) is 4.90. The summed E-state index contributed by atoms with van der Waals surface area (Å²) in [5.74, 6) is 0.0927. The number of carbonyl (C=O) groups excluding carboxylic acids is 1. The Hall–Kier alpha value is -1.36. The van der Waals surface area contributed by atoms with Gasteiger partial charge in [-0.2, -0.15) is 5.10 Å². The largest absolute Gasteiger partial charge is 0.334 e. The molecule has 0 aliphatic carbocycles. The van der Waals surface area contributed by atoms with E-state index in [0.717, 1.165) is 37.1 Å². The Morgan fingerprint density at radius 3 is 3.00 bits per heavy atom.